The molecule has 9 heteroatoms. The number of aromatic nitrogens is 4. The molecule has 5 rings (SSSR count). The van der Waals surface area contributed by atoms with Crippen molar-refractivity contribution >= 4 is 46.0 Å². The van der Waals surface area contributed by atoms with E-state index in [4.69, 9.17) is 16.6 Å². The summed E-state index contributed by atoms with van der Waals surface area (Å²) in [7, 11) is 0. The van der Waals surface area contributed by atoms with Crippen LogP contribution in [0.2, 0.25) is 5.02 Å². The number of para-hydroxylation sites is 1. The second kappa shape index (κ2) is 9.64. The molecule has 0 spiro atoms. The van der Waals surface area contributed by atoms with Crippen molar-refractivity contribution in [1.82, 2.24) is 19.3 Å². The summed E-state index contributed by atoms with van der Waals surface area (Å²) >= 11 is 7.51. The van der Waals surface area contributed by atoms with Crippen molar-refractivity contribution in [3.05, 3.63) is 76.2 Å². The molecule has 0 N–H and O–H groups in total. The minimum absolute atomic E-state index is 0.0157. The summed E-state index contributed by atoms with van der Waals surface area (Å²) in [6, 6.07) is 16.7. The van der Waals surface area contributed by atoms with E-state index in [1.807, 2.05) is 47.4 Å². The van der Waals surface area contributed by atoms with E-state index in [-0.39, 0.29) is 23.9 Å². The second-order valence-corrected chi connectivity index (χ2v) is 9.67. The first-order chi connectivity index (χ1) is 16.6. The van der Waals surface area contributed by atoms with E-state index in [1.165, 1.54) is 11.8 Å². The number of benzene rings is 2. The van der Waals surface area contributed by atoms with Gasteiger partial charge in [0.1, 0.15) is 5.39 Å². The minimum Gasteiger partial charge on any atom is -0.312 e. The van der Waals surface area contributed by atoms with E-state index in [1.54, 1.807) is 27.6 Å². The van der Waals surface area contributed by atoms with Gasteiger partial charge in [0, 0.05) is 29.4 Å². The number of thioether (sulfide) groups is 1. The second-order valence-electron chi connectivity index (χ2n) is 8.24. The van der Waals surface area contributed by atoms with Gasteiger partial charge in [-0.1, -0.05) is 54.9 Å². The minimum atomic E-state index is -0.247. The Hall–Kier alpha value is -3.10. The van der Waals surface area contributed by atoms with Crippen LogP contribution in [-0.2, 0) is 4.79 Å². The highest BCUT2D eigenvalue weighted by molar-refractivity contribution is 7.99. The fraction of sp³-hybridized carbons (Fsp3) is 0.280. The van der Waals surface area contributed by atoms with Crippen molar-refractivity contribution in [3.63, 3.8) is 0 Å². The zero-order chi connectivity index (χ0) is 23.7. The van der Waals surface area contributed by atoms with Gasteiger partial charge in [0.05, 0.1) is 17.9 Å². The molecule has 0 radical (unpaired) electrons. The Balaban J connectivity index is 1.45. The highest BCUT2D eigenvalue weighted by Crippen LogP contribution is 2.34. The zero-order valence-electron chi connectivity index (χ0n) is 18.7. The Morgan fingerprint density at radius 1 is 1.18 bits per heavy atom. The SMILES string of the molecule is CCCCN(C(=O)CC1CSc2nc3c(cnn3-c3ccc(Cl)cc3)c(=O)n21)c1ccccc1. The van der Waals surface area contributed by atoms with Gasteiger partial charge in [-0.2, -0.15) is 5.10 Å². The van der Waals surface area contributed by atoms with Crippen molar-refractivity contribution in [2.45, 2.75) is 37.4 Å². The van der Waals surface area contributed by atoms with Gasteiger partial charge in [0.2, 0.25) is 5.91 Å². The number of halogens is 1. The topological polar surface area (TPSA) is 73.0 Å². The molecule has 0 saturated carbocycles. The number of rotatable bonds is 7. The Morgan fingerprint density at radius 3 is 2.68 bits per heavy atom. The maximum absolute atomic E-state index is 13.4. The van der Waals surface area contributed by atoms with E-state index < -0.39 is 0 Å². The molecule has 1 aliphatic rings. The van der Waals surface area contributed by atoms with Crippen LogP contribution in [-0.4, -0.2) is 37.5 Å². The molecular weight excluding hydrogens is 470 g/mol. The van der Waals surface area contributed by atoms with Crippen LogP contribution in [0.4, 0.5) is 5.69 Å². The van der Waals surface area contributed by atoms with Gasteiger partial charge in [-0.15, -0.1) is 0 Å². The van der Waals surface area contributed by atoms with E-state index >= 15 is 0 Å². The third kappa shape index (κ3) is 4.23. The van der Waals surface area contributed by atoms with Crippen molar-refractivity contribution in [2.24, 2.45) is 0 Å². The quantitative estimate of drug-likeness (QED) is 0.335. The number of carbonyl (C=O) groups excluding carboxylic acids is 1. The van der Waals surface area contributed by atoms with Gasteiger partial charge >= 0.3 is 0 Å². The lowest BCUT2D eigenvalue weighted by atomic mass is 10.1. The summed E-state index contributed by atoms with van der Waals surface area (Å²) in [6.07, 6.45) is 3.71. The molecule has 1 amide bonds. The lowest BCUT2D eigenvalue weighted by Crippen LogP contribution is -2.35. The van der Waals surface area contributed by atoms with E-state index in [9.17, 15) is 9.59 Å². The van der Waals surface area contributed by atoms with Crippen LogP contribution < -0.4 is 10.5 Å². The van der Waals surface area contributed by atoms with Crippen LogP contribution >= 0.6 is 23.4 Å². The van der Waals surface area contributed by atoms with Gasteiger partial charge < -0.3 is 4.90 Å². The fourth-order valence-corrected chi connectivity index (χ4v) is 5.44. The largest absolute Gasteiger partial charge is 0.312 e. The van der Waals surface area contributed by atoms with Crippen LogP contribution in [0.1, 0.15) is 32.2 Å². The molecular formula is C25H24ClN5O2S. The summed E-state index contributed by atoms with van der Waals surface area (Å²) < 4.78 is 3.32. The highest BCUT2D eigenvalue weighted by atomic mass is 35.5. The number of unbranched alkanes of at least 4 members (excludes halogenated alkanes) is 1. The third-order valence-electron chi connectivity index (χ3n) is 5.96. The number of fused-ring (bicyclic) bond motifs is 2. The van der Waals surface area contributed by atoms with Crippen molar-refractivity contribution in [3.8, 4) is 5.69 Å². The standard InChI is InChI=1S/C25H24ClN5O2S/c1-2-3-13-29(18-7-5-4-6-8-18)22(32)14-20-16-34-25-28-23-21(24(33)30(20)25)15-27-31(23)19-11-9-17(26)10-12-19/h4-12,15,20H,2-3,13-14,16H2,1H3. The molecule has 1 unspecified atom stereocenters. The summed E-state index contributed by atoms with van der Waals surface area (Å²) in [4.78, 5) is 33.4. The Bertz CT molecular complexity index is 1380. The van der Waals surface area contributed by atoms with Crippen molar-refractivity contribution in [2.75, 3.05) is 17.2 Å². The molecule has 0 aliphatic carbocycles. The molecule has 174 valence electrons. The fourth-order valence-electron chi connectivity index (χ4n) is 4.19. The zero-order valence-corrected chi connectivity index (χ0v) is 20.3. The van der Waals surface area contributed by atoms with Gasteiger partial charge in [-0.25, -0.2) is 9.67 Å². The Morgan fingerprint density at radius 2 is 1.94 bits per heavy atom. The molecule has 0 fully saturated rings. The smallest absolute Gasteiger partial charge is 0.265 e. The Kier molecular flexibility index (Phi) is 6.43. The maximum Gasteiger partial charge on any atom is 0.265 e. The van der Waals surface area contributed by atoms with Gasteiger partial charge in [0.25, 0.3) is 5.56 Å². The van der Waals surface area contributed by atoms with E-state index in [0.29, 0.717) is 33.5 Å². The molecule has 3 heterocycles. The normalized spacial score (nSPS) is 14.9. The average molecular weight is 494 g/mol. The molecule has 4 aromatic rings. The molecule has 0 bridgehead atoms. The Labute approximate surface area is 206 Å². The van der Waals surface area contributed by atoms with Crippen molar-refractivity contribution in [1.29, 1.82) is 0 Å². The predicted octanol–water partition coefficient (Wildman–Crippen LogP) is 5.11. The third-order valence-corrected chi connectivity index (χ3v) is 7.31. The van der Waals surface area contributed by atoms with Crippen molar-refractivity contribution < 1.29 is 4.79 Å². The highest BCUT2D eigenvalue weighted by Gasteiger charge is 2.31. The average Bonchev–Trinajstić information content (AvgIpc) is 3.46. The number of nitrogens with zero attached hydrogens (tertiary/aromatic N) is 5. The lowest BCUT2D eigenvalue weighted by molar-refractivity contribution is -0.119. The van der Waals surface area contributed by atoms with Gasteiger partial charge in [-0.3, -0.25) is 14.2 Å². The number of anilines is 1. The van der Waals surface area contributed by atoms with Gasteiger partial charge in [-0.05, 0) is 42.8 Å². The van der Waals surface area contributed by atoms with Gasteiger partial charge in [0.15, 0.2) is 10.8 Å². The first-order valence-electron chi connectivity index (χ1n) is 11.3. The summed E-state index contributed by atoms with van der Waals surface area (Å²) in [6.45, 7) is 2.77. The first-order valence-corrected chi connectivity index (χ1v) is 12.7. The molecule has 2 aromatic heterocycles. The molecule has 7 nitrogen and oxygen atoms in total. The van der Waals surface area contributed by atoms with Crippen LogP contribution in [0, 0.1) is 0 Å². The summed E-state index contributed by atoms with van der Waals surface area (Å²) in [5.74, 6) is 0.646. The summed E-state index contributed by atoms with van der Waals surface area (Å²) in [5, 5.41) is 6.07. The predicted molar refractivity (Wildman–Crippen MR) is 136 cm³/mol. The van der Waals surface area contributed by atoms with E-state index in [0.717, 1.165) is 24.2 Å². The molecule has 1 atom stereocenters. The first kappa shape index (κ1) is 22.7. The lowest BCUT2D eigenvalue weighted by Gasteiger charge is -2.24. The van der Waals surface area contributed by atoms with Crippen LogP contribution in [0.15, 0.2) is 70.7 Å². The number of carbonyl (C=O) groups is 1. The monoisotopic (exact) mass is 493 g/mol. The number of amides is 1. The number of hydrogen-bond donors (Lipinski definition) is 0. The van der Waals surface area contributed by atoms with Crippen LogP contribution in [0.25, 0.3) is 16.7 Å². The van der Waals surface area contributed by atoms with Crippen LogP contribution in [0.3, 0.4) is 0 Å². The maximum atomic E-state index is 13.4. The van der Waals surface area contributed by atoms with E-state index in [2.05, 4.69) is 12.0 Å². The molecule has 34 heavy (non-hydrogen) atoms. The number of hydrogen-bond acceptors (Lipinski definition) is 5. The molecule has 1 aliphatic heterocycles. The van der Waals surface area contributed by atoms with Crippen LogP contribution in [0.5, 0.6) is 0 Å². The summed E-state index contributed by atoms with van der Waals surface area (Å²) in [5.41, 5.74) is 2.01. The molecule has 2 aromatic carbocycles. The molecule has 0 saturated heterocycles.